The van der Waals surface area contributed by atoms with Crippen molar-refractivity contribution >= 4 is 34.8 Å². The fourth-order valence-electron chi connectivity index (χ4n) is 2.36. The number of para-hydroxylation sites is 2. The fourth-order valence-corrected chi connectivity index (χ4v) is 3.38. The van der Waals surface area contributed by atoms with E-state index in [4.69, 9.17) is 5.26 Å². The summed E-state index contributed by atoms with van der Waals surface area (Å²) in [4.78, 5) is 18.2. The molecule has 0 saturated carbocycles. The predicted octanol–water partition coefficient (Wildman–Crippen LogP) is 2.36. The first-order valence-corrected chi connectivity index (χ1v) is 7.62. The monoisotopic (exact) mass is 298 g/mol. The summed E-state index contributed by atoms with van der Waals surface area (Å²) in [6.45, 7) is 0.654. The number of carbonyl (C=O) groups is 1. The Hall–Kier alpha value is -2.26. The maximum Gasteiger partial charge on any atom is 0.241 e. The van der Waals surface area contributed by atoms with Crippen LogP contribution in [0, 0.1) is 11.3 Å². The van der Waals surface area contributed by atoms with Crippen LogP contribution in [0.25, 0.3) is 17.1 Å². The number of aromatic nitrogens is 2. The minimum atomic E-state index is -0.146. The van der Waals surface area contributed by atoms with E-state index < -0.39 is 0 Å². The Morgan fingerprint density at radius 2 is 2.33 bits per heavy atom. The van der Waals surface area contributed by atoms with Gasteiger partial charge in [0.15, 0.2) is 0 Å². The van der Waals surface area contributed by atoms with Gasteiger partial charge in [0.05, 0.1) is 22.1 Å². The molecule has 0 spiro atoms. The summed E-state index contributed by atoms with van der Waals surface area (Å²) in [5, 5.41) is 9.54. The summed E-state index contributed by atoms with van der Waals surface area (Å²) in [5.74, 6) is 1.52. The largest absolute Gasteiger partial charge is 0.328 e. The highest BCUT2D eigenvalue weighted by Gasteiger charge is 2.24. The summed E-state index contributed by atoms with van der Waals surface area (Å²) < 4.78 is 2.01. The van der Waals surface area contributed by atoms with Gasteiger partial charge >= 0.3 is 0 Å². The normalized spacial score (nSPS) is 16.6. The third-order valence-corrected chi connectivity index (χ3v) is 4.46. The Labute approximate surface area is 126 Å². The second-order valence-electron chi connectivity index (χ2n) is 4.73. The highest BCUT2D eigenvalue weighted by atomic mass is 32.2. The second-order valence-corrected chi connectivity index (χ2v) is 5.84. The smallest absolute Gasteiger partial charge is 0.241 e. The molecule has 1 aliphatic heterocycles. The van der Waals surface area contributed by atoms with Gasteiger partial charge in [-0.1, -0.05) is 12.1 Å². The lowest BCUT2D eigenvalue weighted by atomic mass is 10.3. The number of benzene rings is 1. The maximum absolute atomic E-state index is 11.9. The molecule has 0 radical (unpaired) electrons. The number of amides is 1. The highest BCUT2D eigenvalue weighted by Crippen LogP contribution is 2.30. The molecule has 0 atom stereocenters. The number of thioether (sulfide) groups is 1. The lowest BCUT2D eigenvalue weighted by Gasteiger charge is -2.14. The highest BCUT2D eigenvalue weighted by molar-refractivity contribution is 8.03. The molecule has 3 rings (SSSR count). The molecule has 1 fully saturated rings. The molecule has 106 valence electrons. The zero-order valence-electron chi connectivity index (χ0n) is 11.6. The van der Waals surface area contributed by atoms with Crippen molar-refractivity contribution in [2.45, 2.75) is 6.42 Å². The van der Waals surface area contributed by atoms with Crippen LogP contribution in [0.3, 0.4) is 0 Å². The fraction of sp³-hybridized carbons (Fsp3) is 0.267. The maximum atomic E-state index is 11.9. The van der Waals surface area contributed by atoms with Gasteiger partial charge in [0.25, 0.3) is 0 Å². The van der Waals surface area contributed by atoms with Crippen molar-refractivity contribution in [1.82, 2.24) is 14.5 Å². The lowest BCUT2D eigenvalue weighted by molar-refractivity contribution is -0.127. The van der Waals surface area contributed by atoms with Crippen molar-refractivity contribution in [2.75, 3.05) is 12.3 Å². The van der Waals surface area contributed by atoms with Crippen LogP contribution in [0.5, 0.6) is 0 Å². The van der Waals surface area contributed by atoms with Crippen LogP contribution in [0.1, 0.15) is 12.2 Å². The Balaban J connectivity index is 1.97. The van der Waals surface area contributed by atoms with E-state index in [0.29, 0.717) is 6.54 Å². The molecule has 0 unspecified atom stereocenters. The van der Waals surface area contributed by atoms with Crippen molar-refractivity contribution in [2.24, 2.45) is 7.05 Å². The predicted molar refractivity (Wildman–Crippen MR) is 83.1 cm³/mol. The number of nitriles is 1. The van der Waals surface area contributed by atoms with Crippen molar-refractivity contribution < 1.29 is 4.79 Å². The van der Waals surface area contributed by atoms with Crippen molar-refractivity contribution in [1.29, 1.82) is 5.26 Å². The van der Waals surface area contributed by atoms with E-state index in [1.165, 1.54) is 0 Å². The number of hydrogen-bond donors (Lipinski definition) is 0. The minimum Gasteiger partial charge on any atom is -0.328 e. The van der Waals surface area contributed by atoms with Crippen LogP contribution in [0.4, 0.5) is 0 Å². The first-order valence-electron chi connectivity index (χ1n) is 6.64. The molecule has 1 amide bonds. The van der Waals surface area contributed by atoms with Gasteiger partial charge < -0.3 is 9.47 Å². The Bertz CT molecular complexity index is 772. The molecule has 1 aromatic heterocycles. The summed E-state index contributed by atoms with van der Waals surface area (Å²) >= 11 is 1.62. The van der Waals surface area contributed by atoms with Crippen molar-refractivity contribution in [3.05, 3.63) is 35.1 Å². The molecule has 1 saturated heterocycles. The summed E-state index contributed by atoms with van der Waals surface area (Å²) in [6, 6.07) is 9.84. The minimum absolute atomic E-state index is 0.0829. The number of aryl methyl sites for hydroxylation is 1. The molecule has 5 nitrogen and oxygen atoms in total. The molecule has 6 heteroatoms. The molecular weight excluding hydrogens is 284 g/mol. The van der Waals surface area contributed by atoms with Gasteiger partial charge in [-0.25, -0.2) is 4.98 Å². The number of rotatable bonds is 2. The van der Waals surface area contributed by atoms with Gasteiger partial charge in [-0.15, -0.1) is 11.8 Å². The Kier molecular flexibility index (Phi) is 3.67. The summed E-state index contributed by atoms with van der Waals surface area (Å²) in [6.07, 6.45) is 1.84. The van der Waals surface area contributed by atoms with E-state index in [9.17, 15) is 4.79 Å². The summed E-state index contributed by atoms with van der Waals surface area (Å²) in [7, 11) is 1.96. The zero-order valence-corrected chi connectivity index (χ0v) is 12.4. The number of nitrogens with zero attached hydrogens (tertiary/aromatic N) is 4. The van der Waals surface area contributed by atoms with E-state index in [2.05, 4.69) is 4.98 Å². The molecule has 2 aromatic rings. The van der Waals surface area contributed by atoms with Crippen LogP contribution < -0.4 is 0 Å². The van der Waals surface area contributed by atoms with Gasteiger partial charge in [-0.05, 0) is 12.1 Å². The quantitative estimate of drug-likeness (QED) is 0.854. The number of imidazole rings is 1. The van der Waals surface area contributed by atoms with Crippen LogP contribution in [-0.4, -0.2) is 32.7 Å². The number of hydrogen-bond acceptors (Lipinski definition) is 4. The van der Waals surface area contributed by atoms with Crippen LogP contribution >= 0.6 is 11.8 Å². The molecule has 0 aliphatic carbocycles. The molecule has 2 heterocycles. The Morgan fingerprint density at radius 3 is 3.10 bits per heavy atom. The van der Waals surface area contributed by atoms with Gasteiger partial charge in [0.1, 0.15) is 12.2 Å². The van der Waals surface area contributed by atoms with E-state index in [-0.39, 0.29) is 12.3 Å². The lowest BCUT2D eigenvalue weighted by Crippen LogP contribution is -2.26. The topological polar surface area (TPSA) is 61.9 Å². The van der Waals surface area contributed by atoms with Crippen LogP contribution in [0.15, 0.2) is 29.3 Å². The molecular formula is C15H14N4OS. The SMILES string of the molecule is Cn1c(/C=C2/SCCN2C(=O)CC#N)nc2ccccc21. The molecule has 1 aliphatic rings. The molecule has 0 bridgehead atoms. The van der Waals surface area contributed by atoms with Gasteiger partial charge in [-0.3, -0.25) is 4.79 Å². The molecule has 1 aromatic carbocycles. The third-order valence-electron chi connectivity index (χ3n) is 3.44. The van der Waals surface area contributed by atoms with E-state index in [1.807, 2.05) is 48.0 Å². The first kappa shape index (κ1) is 13.7. The standard InChI is InChI=1S/C15H14N4OS/c1-18-12-5-3-2-4-11(12)17-13(18)10-15-19(8-9-21-15)14(20)6-7-16/h2-5,10H,6,8-9H2,1H3/b15-10+. The molecule has 21 heavy (non-hydrogen) atoms. The second kappa shape index (κ2) is 5.62. The van der Waals surface area contributed by atoms with Crippen LogP contribution in [0.2, 0.25) is 0 Å². The van der Waals surface area contributed by atoms with Gasteiger partial charge in [0, 0.05) is 25.4 Å². The average molecular weight is 298 g/mol. The number of carbonyl (C=O) groups excluding carboxylic acids is 1. The van der Waals surface area contributed by atoms with E-state index in [0.717, 1.165) is 27.6 Å². The van der Waals surface area contributed by atoms with Gasteiger partial charge in [-0.2, -0.15) is 5.26 Å². The first-order chi connectivity index (χ1) is 10.2. The van der Waals surface area contributed by atoms with E-state index in [1.54, 1.807) is 16.7 Å². The van der Waals surface area contributed by atoms with Gasteiger partial charge in [0.2, 0.25) is 5.91 Å². The Morgan fingerprint density at radius 1 is 1.52 bits per heavy atom. The van der Waals surface area contributed by atoms with Crippen molar-refractivity contribution in [3.8, 4) is 6.07 Å². The molecule has 0 N–H and O–H groups in total. The van der Waals surface area contributed by atoms with Crippen molar-refractivity contribution in [3.63, 3.8) is 0 Å². The zero-order chi connectivity index (χ0) is 14.8. The van der Waals surface area contributed by atoms with Crippen LogP contribution in [-0.2, 0) is 11.8 Å². The number of fused-ring (bicyclic) bond motifs is 1. The third kappa shape index (κ3) is 2.52. The van der Waals surface area contributed by atoms with E-state index >= 15 is 0 Å². The summed E-state index contributed by atoms with van der Waals surface area (Å²) in [5.41, 5.74) is 1.99. The average Bonchev–Trinajstić information content (AvgIpc) is 3.06.